The van der Waals surface area contributed by atoms with E-state index >= 15 is 0 Å². The van der Waals surface area contributed by atoms with Gasteiger partial charge < -0.3 is 0 Å². The summed E-state index contributed by atoms with van der Waals surface area (Å²) in [5.74, 6) is 0.298. The molecular weight excluding hydrogens is 393 g/mol. The van der Waals surface area contributed by atoms with Crippen molar-refractivity contribution in [2.45, 2.75) is 41.9 Å². The van der Waals surface area contributed by atoms with Crippen LogP contribution in [-0.2, 0) is 10.0 Å². The van der Waals surface area contributed by atoms with Crippen LogP contribution in [0.3, 0.4) is 0 Å². The van der Waals surface area contributed by atoms with Gasteiger partial charge in [-0.1, -0.05) is 30.9 Å². The fourth-order valence-electron chi connectivity index (χ4n) is 2.29. The lowest BCUT2D eigenvalue weighted by Crippen LogP contribution is -2.50. The highest BCUT2D eigenvalue weighted by Crippen LogP contribution is 2.36. The average molecular weight is 407 g/mol. The summed E-state index contributed by atoms with van der Waals surface area (Å²) in [7, 11) is -3.56. The van der Waals surface area contributed by atoms with Gasteiger partial charge in [-0.25, -0.2) is 13.1 Å². The lowest BCUT2D eigenvalue weighted by molar-refractivity contribution is 0.298. The van der Waals surface area contributed by atoms with Crippen molar-refractivity contribution in [2.75, 3.05) is 5.88 Å². The van der Waals surface area contributed by atoms with Gasteiger partial charge in [0.25, 0.3) is 10.0 Å². The molecule has 19 heavy (non-hydrogen) atoms. The summed E-state index contributed by atoms with van der Waals surface area (Å²) in [6, 6.07) is 1.46. The molecule has 1 heterocycles. The van der Waals surface area contributed by atoms with E-state index in [2.05, 4.69) is 20.7 Å². The monoisotopic (exact) mass is 405 g/mol. The third-order valence-electron chi connectivity index (χ3n) is 3.30. The van der Waals surface area contributed by atoms with Gasteiger partial charge in [-0.3, -0.25) is 0 Å². The van der Waals surface area contributed by atoms with Gasteiger partial charge in [-0.15, -0.1) is 22.9 Å². The van der Waals surface area contributed by atoms with Gasteiger partial charge in [-0.05, 0) is 34.8 Å². The molecule has 0 amide bonds. The van der Waals surface area contributed by atoms with Crippen molar-refractivity contribution < 1.29 is 8.42 Å². The number of hydrogen-bond acceptors (Lipinski definition) is 3. The van der Waals surface area contributed by atoms with Gasteiger partial charge in [0.1, 0.15) is 4.21 Å². The van der Waals surface area contributed by atoms with Crippen LogP contribution < -0.4 is 4.72 Å². The summed E-state index contributed by atoms with van der Waals surface area (Å²) < 4.78 is 28.4. The van der Waals surface area contributed by atoms with E-state index in [1.54, 1.807) is 0 Å². The van der Waals surface area contributed by atoms with Crippen molar-refractivity contribution in [3.05, 3.63) is 14.9 Å². The van der Waals surface area contributed by atoms with E-state index in [1.807, 2.05) is 0 Å². The van der Waals surface area contributed by atoms with Crippen molar-refractivity contribution in [3.8, 4) is 0 Å². The first-order valence-electron chi connectivity index (χ1n) is 5.93. The standard InChI is InChI=1S/C11H14BrCl2NO2S2/c12-10-8(14)6-9(18-10)19(16,17)15-11(7-13)4-2-1-3-5-11/h6,15H,1-5,7H2. The highest BCUT2D eigenvalue weighted by atomic mass is 79.9. The minimum atomic E-state index is -3.56. The first-order valence-corrected chi connectivity index (χ1v) is 9.94. The Balaban J connectivity index is 2.24. The predicted molar refractivity (Wildman–Crippen MR) is 83.9 cm³/mol. The molecule has 108 valence electrons. The van der Waals surface area contributed by atoms with E-state index < -0.39 is 15.6 Å². The van der Waals surface area contributed by atoms with Gasteiger partial charge in [0, 0.05) is 11.4 Å². The Hall–Kier alpha value is 0.670. The lowest BCUT2D eigenvalue weighted by Gasteiger charge is -2.35. The summed E-state index contributed by atoms with van der Waals surface area (Å²) in [6.07, 6.45) is 4.72. The van der Waals surface area contributed by atoms with E-state index in [1.165, 1.54) is 6.07 Å². The average Bonchev–Trinajstić information content (AvgIpc) is 2.71. The molecule has 1 aromatic heterocycles. The summed E-state index contributed by atoms with van der Waals surface area (Å²) in [6.45, 7) is 0. The second kappa shape index (κ2) is 6.20. The normalized spacial score (nSPS) is 19.5. The van der Waals surface area contributed by atoms with Crippen molar-refractivity contribution in [1.82, 2.24) is 4.72 Å². The van der Waals surface area contributed by atoms with Gasteiger partial charge >= 0.3 is 0 Å². The molecule has 0 spiro atoms. The number of halogens is 3. The summed E-state index contributed by atoms with van der Waals surface area (Å²) in [4.78, 5) is 0. The molecule has 0 aromatic carbocycles. The minimum absolute atomic E-state index is 0.222. The van der Waals surface area contributed by atoms with E-state index in [0.717, 1.165) is 43.4 Å². The smallest absolute Gasteiger partial charge is 0.206 e. The molecule has 1 saturated carbocycles. The quantitative estimate of drug-likeness (QED) is 0.753. The molecule has 0 aliphatic heterocycles. The largest absolute Gasteiger partial charge is 0.250 e. The number of thiophene rings is 1. The van der Waals surface area contributed by atoms with Crippen LogP contribution in [0.5, 0.6) is 0 Å². The Labute approximate surface area is 135 Å². The predicted octanol–water partition coefficient (Wildman–Crippen LogP) is 4.38. The molecule has 0 atom stereocenters. The first kappa shape index (κ1) is 16.0. The molecule has 1 aliphatic rings. The molecular formula is C11H14BrCl2NO2S2. The number of rotatable bonds is 4. The Morgan fingerprint density at radius 3 is 2.47 bits per heavy atom. The number of alkyl halides is 1. The molecule has 3 nitrogen and oxygen atoms in total. The molecule has 1 aromatic rings. The second-order valence-electron chi connectivity index (χ2n) is 4.77. The molecule has 0 radical (unpaired) electrons. The first-order chi connectivity index (χ1) is 8.88. The molecule has 1 aliphatic carbocycles. The zero-order valence-corrected chi connectivity index (χ0v) is 14.8. The maximum absolute atomic E-state index is 12.4. The Kier molecular flexibility index (Phi) is 5.23. The number of hydrogen-bond donors (Lipinski definition) is 1. The van der Waals surface area contributed by atoms with Gasteiger partial charge in [0.15, 0.2) is 0 Å². The van der Waals surface area contributed by atoms with Crippen molar-refractivity contribution in [3.63, 3.8) is 0 Å². The molecule has 0 bridgehead atoms. The van der Waals surface area contributed by atoms with E-state index in [9.17, 15) is 8.42 Å². The van der Waals surface area contributed by atoms with E-state index in [-0.39, 0.29) is 4.21 Å². The van der Waals surface area contributed by atoms with Gasteiger partial charge in [0.2, 0.25) is 0 Å². The third-order valence-corrected chi connectivity index (χ3v) is 8.34. The molecule has 2 rings (SSSR count). The molecule has 1 N–H and O–H groups in total. The van der Waals surface area contributed by atoms with Crippen LogP contribution in [-0.4, -0.2) is 19.8 Å². The van der Waals surface area contributed by atoms with Crippen LogP contribution in [0.4, 0.5) is 0 Å². The fourth-order valence-corrected chi connectivity index (χ4v) is 6.56. The topological polar surface area (TPSA) is 46.2 Å². The van der Waals surface area contributed by atoms with Crippen LogP contribution in [0, 0.1) is 0 Å². The summed E-state index contributed by atoms with van der Waals surface area (Å²) >= 11 is 16.2. The van der Waals surface area contributed by atoms with Crippen molar-refractivity contribution in [1.29, 1.82) is 0 Å². The van der Waals surface area contributed by atoms with Gasteiger partial charge in [0.05, 0.1) is 8.81 Å². The van der Waals surface area contributed by atoms with E-state index in [0.29, 0.717) is 14.7 Å². The third kappa shape index (κ3) is 3.66. The maximum Gasteiger partial charge on any atom is 0.250 e. The zero-order valence-electron chi connectivity index (χ0n) is 10.1. The van der Waals surface area contributed by atoms with Crippen LogP contribution >= 0.6 is 50.5 Å². The van der Waals surface area contributed by atoms with Crippen LogP contribution in [0.1, 0.15) is 32.1 Å². The molecule has 0 unspecified atom stereocenters. The van der Waals surface area contributed by atoms with Crippen molar-refractivity contribution in [2.24, 2.45) is 0 Å². The fraction of sp³-hybridized carbons (Fsp3) is 0.636. The van der Waals surface area contributed by atoms with Crippen LogP contribution in [0.15, 0.2) is 14.1 Å². The number of sulfonamides is 1. The Bertz CT molecular complexity index is 534. The SMILES string of the molecule is O=S(=O)(NC1(CCl)CCCCC1)c1cc(Cl)c(Br)s1. The molecule has 0 saturated heterocycles. The van der Waals surface area contributed by atoms with Crippen LogP contribution in [0.25, 0.3) is 0 Å². The minimum Gasteiger partial charge on any atom is -0.206 e. The Morgan fingerprint density at radius 2 is 2.00 bits per heavy atom. The zero-order chi connectivity index (χ0) is 14.1. The highest BCUT2D eigenvalue weighted by Gasteiger charge is 2.36. The lowest BCUT2D eigenvalue weighted by atomic mass is 9.84. The van der Waals surface area contributed by atoms with Gasteiger partial charge in [-0.2, -0.15) is 0 Å². The summed E-state index contributed by atoms with van der Waals surface area (Å²) in [5.41, 5.74) is -0.512. The maximum atomic E-state index is 12.4. The van der Waals surface area contributed by atoms with Crippen molar-refractivity contribution >= 4 is 60.5 Å². The number of nitrogens with one attached hydrogen (secondary N) is 1. The molecule has 8 heteroatoms. The van der Waals surface area contributed by atoms with E-state index in [4.69, 9.17) is 23.2 Å². The van der Waals surface area contributed by atoms with Crippen LogP contribution in [0.2, 0.25) is 5.02 Å². The highest BCUT2D eigenvalue weighted by molar-refractivity contribution is 9.11. The molecule has 1 fully saturated rings. The Morgan fingerprint density at radius 1 is 1.37 bits per heavy atom. The summed E-state index contributed by atoms with van der Waals surface area (Å²) in [5, 5.41) is 0.411. The second-order valence-corrected chi connectivity index (χ2v) is 9.72.